The first kappa shape index (κ1) is 8.57. The summed E-state index contributed by atoms with van der Waals surface area (Å²) in [6.07, 6.45) is 2.45. The summed E-state index contributed by atoms with van der Waals surface area (Å²) < 4.78 is 5.10. The zero-order valence-corrected chi connectivity index (χ0v) is 7.92. The number of methoxy groups -OCH3 is 1. The molecule has 0 bridgehead atoms. The summed E-state index contributed by atoms with van der Waals surface area (Å²) in [6.45, 7) is 1.18. The lowest BCUT2D eigenvalue weighted by Crippen LogP contribution is -2.44. The Morgan fingerprint density at radius 2 is 2.08 bits per heavy atom. The molecule has 0 saturated carbocycles. The molecule has 1 aromatic rings. The zero-order valence-electron chi connectivity index (χ0n) is 7.92. The van der Waals surface area contributed by atoms with Gasteiger partial charge in [0, 0.05) is 6.04 Å². The van der Waals surface area contributed by atoms with Crippen molar-refractivity contribution in [1.82, 2.24) is 5.32 Å². The van der Waals surface area contributed by atoms with Gasteiger partial charge >= 0.3 is 0 Å². The molecule has 1 aromatic carbocycles. The summed E-state index contributed by atoms with van der Waals surface area (Å²) in [7, 11) is 1.70. The Balaban J connectivity index is 1.96. The molecule has 1 heterocycles. The smallest absolute Gasteiger partial charge is 0.118 e. The van der Waals surface area contributed by atoms with Crippen LogP contribution in [0.5, 0.6) is 5.75 Å². The first-order valence-corrected chi connectivity index (χ1v) is 4.75. The van der Waals surface area contributed by atoms with E-state index in [9.17, 15) is 0 Å². The second-order valence-corrected chi connectivity index (χ2v) is 3.49. The van der Waals surface area contributed by atoms with Crippen molar-refractivity contribution in [3.63, 3.8) is 0 Å². The summed E-state index contributed by atoms with van der Waals surface area (Å²) in [5.41, 5.74) is 1.39. The molecule has 2 heteroatoms. The second-order valence-electron chi connectivity index (χ2n) is 3.49. The molecule has 2 nitrogen and oxygen atoms in total. The third kappa shape index (κ3) is 2.01. The molecule has 1 N–H and O–H groups in total. The highest BCUT2D eigenvalue weighted by molar-refractivity contribution is 5.27. The van der Waals surface area contributed by atoms with Gasteiger partial charge in [-0.05, 0) is 37.1 Å². The molecule has 1 aliphatic heterocycles. The third-order valence-electron chi connectivity index (χ3n) is 2.57. The van der Waals surface area contributed by atoms with Gasteiger partial charge in [-0.2, -0.15) is 0 Å². The van der Waals surface area contributed by atoms with Crippen molar-refractivity contribution >= 4 is 0 Å². The van der Waals surface area contributed by atoms with Crippen molar-refractivity contribution in [1.29, 1.82) is 0 Å². The predicted molar refractivity (Wildman–Crippen MR) is 53.1 cm³/mol. The van der Waals surface area contributed by atoms with E-state index in [1.807, 2.05) is 12.1 Å². The fraction of sp³-hybridized carbons (Fsp3) is 0.455. The van der Waals surface area contributed by atoms with Crippen LogP contribution in [0.2, 0.25) is 0 Å². The second kappa shape index (κ2) is 3.79. The molecule has 70 valence electrons. The van der Waals surface area contributed by atoms with Crippen LogP contribution in [0.15, 0.2) is 24.3 Å². The topological polar surface area (TPSA) is 21.3 Å². The molecule has 1 saturated heterocycles. The van der Waals surface area contributed by atoms with Crippen LogP contribution in [-0.2, 0) is 6.42 Å². The number of nitrogens with one attached hydrogen (secondary N) is 1. The zero-order chi connectivity index (χ0) is 9.10. The maximum Gasteiger partial charge on any atom is 0.118 e. The standard InChI is InChI=1S/C11H15NO/c1-13-11-4-2-9(3-5-11)8-10-6-7-12-10/h2-5,10,12H,6-8H2,1H3/t10-/m1/s1. The Morgan fingerprint density at radius 3 is 2.54 bits per heavy atom. The molecular formula is C11H15NO. The molecule has 1 fully saturated rings. The molecule has 0 aromatic heterocycles. The van der Waals surface area contributed by atoms with Crippen LogP contribution in [0, 0.1) is 0 Å². The van der Waals surface area contributed by atoms with E-state index >= 15 is 0 Å². The van der Waals surface area contributed by atoms with Gasteiger partial charge in [-0.25, -0.2) is 0 Å². The summed E-state index contributed by atoms with van der Waals surface area (Å²) in [6, 6.07) is 9.02. The van der Waals surface area contributed by atoms with E-state index in [0.29, 0.717) is 6.04 Å². The largest absolute Gasteiger partial charge is 0.497 e. The Hall–Kier alpha value is -1.02. The average molecular weight is 177 g/mol. The van der Waals surface area contributed by atoms with E-state index in [1.54, 1.807) is 7.11 Å². The average Bonchev–Trinajstić information content (AvgIpc) is 2.12. The molecule has 0 radical (unpaired) electrons. The van der Waals surface area contributed by atoms with Crippen LogP contribution in [0.3, 0.4) is 0 Å². The Morgan fingerprint density at radius 1 is 1.38 bits per heavy atom. The van der Waals surface area contributed by atoms with Crippen molar-refractivity contribution in [2.75, 3.05) is 13.7 Å². The Labute approximate surface area is 78.9 Å². The molecule has 13 heavy (non-hydrogen) atoms. The summed E-state index contributed by atoms with van der Waals surface area (Å²) in [5, 5.41) is 3.39. The van der Waals surface area contributed by atoms with Crippen molar-refractivity contribution in [2.24, 2.45) is 0 Å². The first-order chi connectivity index (χ1) is 6.38. The van der Waals surface area contributed by atoms with E-state index in [0.717, 1.165) is 12.2 Å². The summed E-state index contributed by atoms with van der Waals surface area (Å²) in [4.78, 5) is 0. The van der Waals surface area contributed by atoms with Gasteiger partial charge in [0.25, 0.3) is 0 Å². The minimum absolute atomic E-state index is 0.702. The quantitative estimate of drug-likeness (QED) is 0.757. The predicted octanol–water partition coefficient (Wildman–Crippen LogP) is 1.60. The number of benzene rings is 1. The van der Waals surface area contributed by atoms with Crippen LogP contribution >= 0.6 is 0 Å². The van der Waals surface area contributed by atoms with Crippen LogP contribution in [0.4, 0.5) is 0 Å². The fourth-order valence-corrected chi connectivity index (χ4v) is 1.57. The SMILES string of the molecule is COc1ccc(C[C@H]2CCN2)cc1. The maximum atomic E-state index is 5.10. The van der Waals surface area contributed by atoms with E-state index in [2.05, 4.69) is 17.4 Å². The summed E-state index contributed by atoms with van der Waals surface area (Å²) >= 11 is 0. The third-order valence-corrected chi connectivity index (χ3v) is 2.57. The lowest BCUT2D eigenvalue weighted by Gasteiger charge is -2.27. The minimum atomic E-state index is 0.702. The van der Waals surface area contributed by atoms with Gasteiger partial charge in [-0.3, -0.25) is 0 Å². The van der Waals surface area contributed by atoms with Gasteiger partial charge in [0.1, 0.15) is 5.75 Å². The van der Waals surface area contributed by atoms with Gasteiger partial charge in [0.05, 0.1) is 7.11 Å². The van der Waals surface area contributed by atoms with Crippen LogP contribution in [0.25, 0.3) is 0 Å². The van der Waals surface area contributed by atoms with Crippen LogP contribution in [-0.4, -0.2) is 19.7 Å². The maximum absolute atomic E-state index is 5.10. The monoisotopic (exact) mass is 177 g/mol. The molecule has 1 aliphatic rings. The Kier molecular flexibility index (Phi) is 2.50. The lowest BCUT2D eigenvalue weighted by atomic mass is 9.98. The van der Waals surface area contributed by atoms with E-state index < -0.39 is 0 Å². The highest BCUT2D eigenvalue weighted by Crippen LogP contribution is 2.15. The molecule has 2 rings (SSSR count). The number of ether oxygens (including phenoxy) is 1. The number of rotatable bonds is 3. The van der Waals surface area contributed by atoms with Gasteiger partial charge in [0.15, 0.2) is 0 Å². The summed E-state index contributed by atoms with van der Waals surface area (Å²) in [5.74, 6) is 0.935. The molecular weight excluding hydrogens is 162 g/mol. The van der Waals surface area contributed by atoms with Gasteiger partial charge in [-0.15, -0.1) is 0 Å². The highest BCUT2D eigenvalue weighted by atomic mass is 16.5. The van der Waals surface area contributed by atoms with Crippen molar-refractivity contribution < 1.29 is 4.74 Å². The molecule has 1 atom stereocenters. The fourth-order valence-electron chi connectivity index (χ4n) is 1.57. The van der Waals surface area contributed by atoms with Crippen LogP contribution in [0.1, 0.15) is 12.0 Å². The van der Waals surface area contributed by atoms with Crippen molar-refractivity contribution in [2.45, 2.75) is 18.9 Å². The van der Waals surface area contributed by atoms with Crippen LogP contribution < -0.4 is 10.1 Å². The lowest BCUT2D eigenvalue weighted by molar-refractivity contribution is 0.369. The molecule has 0 spiro atoms. The minimum Gasteiger partial charge on any atom is -0.497 e. The molecule has 0 amide bonds. The van der Waals surface area contributed by atoms with E-state index in [1.165, 1.54) is 18.5 Å². The van der Waals surface area contributed by atoms with Gasteiger partial charge in [-0.1, -0.05) is 12.1 Å². The van der Waals surface area contributed by atoms with E-state index in [-0.39, 0.29) is 0 Å². The van der Waals surface area contributed by atoms with Gasteiger partial charge in [0.2, 0.25) is 0 Å². The van der Waals surface area contributed by atoms with Gasteiger partial charge < -0.3 is 10.1 Å². The first-order valence-electron chi connectivity index (χ1n) is 4.75. The molecule has 0 aliphatic carbocycles. The molecule has 0 unspecified atom stereocenters. The van der Waals surface area contributed by atoms with Crippen molar-refractivity contribution in [3.8, 4) is 5.75 Å². The van der Waals surface area contributed by atoms with Crippen molar-refractivity contribution in [3.05, 3.63) is 29.8 Å². The highest BCUT2D eigenvalue weighted by Gasteiger charge is 2.15. The number of hydrogen-bond acceptors (Lipinski definition) is 2. The normalized spacial score (nSPS) is 20.8. The van der Waals surface area contributed by atoms with E-state index in [4.69, 9.17) is 4.74 Å². The Bertz CT molecular complexity index is 264. The number of hydrogen-bond donors (Lipinski definition) is 1.